The van der Waals surface area contributed by atoms with Gasteiger partial charge in [-0.05, 0) is 103 Å². The van der Waals surface area contributed by atoms with Crippen molar-refractivity contribution in [3.63, 3.8) is 0 Å². The van der Waals surface area contributed by atoms with Crippen LogP contribution < -0.4 is 5.50 Å². The minimum atomic E-state index is -1.31. The molecule has 0 atom stereocenters. The predicted molar refractivity (Wildman–Crippen MR) is 150 cm³/mol. The van der Waals surface area contributed by atoms with Crippen molar-refractivity contribution < 1.29 is 0 Å². The van der Waals surface area contributed by atoms with Crippen LogP contribution in [0.3, 0.4) is 0 Å². The largest absolute Gasteiger partial charge is 0.204 e. The van der Waals surface area contributed by atoms with Crippen LogP contribution in [0.25, 0.3) is 0 Å². The van der Waals surface area contributed by atoms with Crippen LogP contribution in [0.1, 0.15) is 135 Å². The van der Waals surface area contributed by atoms with Gasteiger partial charge < -0.3 is 0 Å². The van der Waals surface area contributed by atoms with Crippen LogP contribution in [0.15, 0.2) is 12.4 Å². The first kappa shape index (κ1) is 25.6. The monoisotopic (exact) mass is 479 g/mol. The molecule has 0 saturated heterocycles. The van der Waals surface area contributed by atoms with E-state index < -0.39 is 14.7 Å². The molecule has 0 spiro atoms. The Labute approximate surface area is 202 Å². The molecule has 0 aromatic rings. The lowest BCUT2D eigenvalue weighted by molar-refractivity contribution is 0.476. The van der Waals surface area contributed by atoms with Crippen molar-refractivity contribution in [2.45, 2.75) is 157 Å². The number of hydrogen-bond acceptors (Lipinski definition) is 1. The Morgan fingerprint density at radius 2 is 0.875 bits per heavy atom. The van der Waals surface area contributed by atoms with Crippen molar-refractivity contribution in [1.29, 1.82) is 0 Å². The normalized spacial score (nSPS) is 26.3. The van der Waals surface area contributed by atoms with E-state index in [4.69, 9.17) is 5.50 Å². The summed E-state index contributed by atoms with van der Waals surface area (Å²) in [6.45, 7) is 4.61. The van der Waals surface area contributed by atoms with Crippen molar-refractivity contribution in [3.05, 3.63) is 12.4 Å². The predicted octanol–water partition coefficient (Wildman–Crippen LogP) is 9.76. The van der Waals surface area contributed by atoms with Crippen molar-refractivity contribution in [1.82, 2.24) is 0 Å². The molecule has 0 aromatic carbocycles. The lowest BCUT2D eigenvalue weighted by atomic mass is 9.99. The minimum absolute atomic E-state index is 0.917. The van der Waals surface area contributed by atoms with E-state index in [2.05, 4.69) is 12.4 Å². The van der Waals surface area contributed by atoms with Gasteiger partial charge in [-0.15, -0.1) is 0 Å². The van der Waals surface area contributed by atoms with Crippen LogP contribution in [-0.2, 0) is 0 Å². The lowest BCUT2D eigenvalue weighted by Gasteiger charge is -2.43. The molecule has 0 radical (unpaired) electrons. The highest BCUT2D eigenvalue weighted by Crippen LogP contribution is 2.74. The topological polar surface area (TPSA) is 26.0 Å². The molecule has 4 fully saturated rings. The standard InChI is InChI=1S/C29H55NP2/c1-2-31(26-16-7-3-8-17-26,27-18-9-4-10-19-27)24-15-25-32(30,28-20-11-5-12-21-28)29-22-13-6-14-23-29/h2,26-29H,1,3-25,30H2/q+2. The van der Waals surface area contributed by atoms with Crippen LogP contribution >= 0.6 is 14.7 Å². The minimum Gasteiger partial charge on any atom is -0.204 e. The Balaban J connectivity index is 1.49. The molecule has 4 aliphatic carbocycles. The third-order valence-corrected chi connectivity index (χ3v) is 20.8. The molecule has 4 aliphatic rings. The van der Waals surface area contributed by atoms with E-state index in [1.165, 1.54) is 147 Å². The van der Waals surface area contributed by atoms with Gasteiger partial charge in [-0.25, -0.2) is 5.50 Å². The van der Waals surface area contributed by atoms with Gasteiger partial charge in [0.15, 0.2) is 0 Å². The highest BCUT2D eigenvalue weighted by Gasteiger charge is 2.53. The smallest absolute Gasteiger partial charge is 0.0852 e. The second-order valence-corrected chi connectivity index (χ2v) is 20.3. The summed E-state index contributed by atoms with van der Waals surface area (Å²) in [5, 5.41) is 0. The Hall–Kier alpha value is 0.560. The average Bonchev–Trinajstić information content (AvgIpc) is 2.89. The summed E-state index contributed by atoms with van der Waals surface area (Å²) in [5.74, 6) is 2.62. The molecule has 1 nitrogen and oxygen atoms in total. The van der Waals surface area contributed by atoms with Crippen LogP contribution in [0.4, 0.5) is 0 Å². The zero-order chi connectivity index (χ0) is 22.3. The molecule has 0 aliphatic heterocycles. The van der Waals surface area contributed by atoms with Gasteiger partial charge in [0.2, 0.25) is 0 Å². The third kappa shape index (κ3) is 5.85. The van der Waals surface area contributed by atoms with Gasteiger partial charge in [0.25, 0.3) is 0 Å². The van der Waals surface area contributed by atoms with Gasteiger partial charge in [0.1, 0.15) is 0 Å². The summed E-state index contributed by atoms with van der Waals surface area (Å²) in [6.07, 6.45) is 34.1. The quantitative estimate of drug-likeness (QED) is 0.327. The summed E-state index contributed by atoms with van der Waals surface area (Å²) in [6, 6.07) is 0. The maximum Gasteiger partial charge on any atom is 0.0852 e. The fourth-order valence-corrected chi connectivity index (χ4v) is 19.0. The molecule has 4 rings (SSSR count). The number of rotatable bonds is 9. The van der Waals surface area contributed by atoms with E-state index in [0.717, 1.165) is 22.6 Å². The highest BCUT2D eigenvalue weighted by molar-refractivity contribution is 7.80. The van der Waals surface area contributed by atoms with Gasteiger partial charge in [-0.3, -0.25) is 0 Å². The molecule has 4 saturated carbocycles. The summed E-state index contributed by atoms with van der Waals surface area (Å²) in [5.41, 5.74) is 11.5. The van der Waals surface area contributed by atoms with E-state index >= 15 is 0 Å². The van der Waals surface area contributed by atoms with Gasteiger partial charge in [-0.2, -0.15) is 0 Å². The molecule has 0 bridgehead atoms. The Bertz CT molecular complexity index is 516. The average molecular weight is 480 g/mol. The van der Waals surface area contributed by atoms with E-state index in [-0.39, 0.29) is 0 Å². The molecule has 0 heterocycles. The molecule has 3 heteroatoms. The van der Waals surface area contributed by atoms with Crippen LogP contribution in [0, 0.1) is 0 Å². The van der Waals surface area contributed by atoms with Crippen molar-refractivity contribution in [2.75, 3.05) is 12.3 Å². The zero-order valence-corrected chi connectivity index (χ0v) is 23.1. The van der Waals surface area contributed by atoms with Gasteiger partial charge in [0, 0.05) is 13.7 Å². The van der Waals surface area contributed by atoms with E-state index in [9.17, 15) is 0 Å². The van der Waals surface area contributed by atoms with Crippen LogP contribution in [0.2, 0.25) is 0 Å². The lowest BCUT2D eigenvalue weighted by Crippen LogP contribution is -2.35. The maximum atomic E-state index is 7.67. The van der Waals surface area contributed by atoms with Crippen LogP contribution in [0.5, 0.6) is 0 Å². The maximum absolute atomic E-state index is 7.67. The zero-order valence-electron chi connectivity index (χ0n) is 21.3. The van der Waals surface area contributed by atoms with E-state index in [1.54, 1.807) is 0 Å². The summed E-state index contributed by atoms with van der Waals surface area (Å²) in [7, 11) is -2.38. The number of hydrogen-bond donors (Lipinski definition) is 1. The molecule has 2 N–H and O–H groups in total. The van der Waals surface area contributed by atoms with Crippen molar-refractivity contribution in [2.24, 2.45) is 5.50 Å². The van der Waals surface area contributed by atoms with Gasteiger partial charge in [-0.1, -0.05) is 32.3 Å². The molecular formula is C29H55NP2+2. The van der Waals surface area contributed by atoms with Gasteiger partial charge in [0.05, 0.1) is 48.2 Å². The molecule has 32 heavy (non-hydrogen) atoms. The van der Waals surface area contributed by atoms with Crippen molar-refractivity contribution >= 4 is 14.7 Å². The summed E-state index contributed by atoms with van der Waals surface area (Å²) in [4.78, 5) is 0. The molecule has 0 unspecified atom stereocenters. The van der Waals surface area contributed by atoms with E-state index in [1.807, 2.05) is 0 Å². The first-order chi connectivity index (χ1) is 15.7. The second kappa shape index (κ2) is 12.5. The van der Waals surface area contributed by atoms with Crippen molar-refractivity contribution in [3.8, 4) is 0 Å². The number of nitrogens with two attached hydrogens (primary N) is 1. The Morgan fingerprint density at radius 3 is 1.22 bits per heavy atom. The van der Waals surface area contributed by atoms with Gasteiger partial charge >= 0.3 is 0 Å². The Kier molecular flexibility index (Phi) is 10.0. The highest BCUT2D eigenvalue weighted by atomic mass is 31.2. The summed E-state index contributed by atoms with van der Waals surface area (Å²) >= 11 is 0. The molecule has 184 valence electrons. The SMILES string of the molecule is C=C[P+](CCC[P+](N)(C1CCCCC1)C1CCCCC1)(C1CCCCC1)C1CCCCC1. The first-order valence-corrected chi connectivity index (χ1v) is 19.2. The van der Waals surface area contributed by atoms with Crippen LogP contribution in [-0.4, -0.2) is 35.0 Å². The molecule has 0 aromatic heterocycles. The third-order valence-electron chi connectivity index (χ3n) is 10.4. The second-order valence-electron chi connectivity index (χ2n) is 12.1. The molecular weight excluding hydrogens is 424 g/mol. The fraction of sp³-hybridized carbons (Fsp3) is 0.931. The van der Waals surface area contributed by atoms with E-state index in [0.29, 0.717) is 0 Å². The summed E-state index contributed by atoms with van der Waals surface area (Å²) < 4.78 is 0. The Morgan fingerprint density at radius 1 is 0.531 bits per heavy atom. The fourth-order valence-electron chi connectivity index (χ4n) is 8.58. The molecule has 0 amide bonds. The first-order valence-electron chi connectivity index (χ1n) is 14.9.